The van der Waals surface area contributed by atoms with Crippen LogP contribution in [-0.4, -0.2) is 60.1 Å². The Bertz CT molecular complexity index is 1290. The Morgan fingerprint density at radius 3 is 2.02 bits per heavy atom. The van der Waals surface area contributed by atoms with Gasteiger partial charge in [0, 0.05) is 12.7 Å². The average Bonchev–Trinajstić information content (AvgIpc) is 3.07. The summed E-state index contributed by atoms with van der Waals surface area (Å²) in [5.74, 6) is -1.21. The van der Waals surface area contributed by atoms with Gasteiger partial charge in [0.05, 0.1) is 18.9 Å². The summed E-state index contributed by atoms with van der Waals surface area (Å²) in [5, 5.41) is 19.2. The van der Waals surface area contributed by atoms with Crippen LogP contribution in [0.15, 0.2) is 60.7 Å². The third-order valence-electron chi connectivity index (χ3n) is 8.80. The lowest BCUT2D eigenvalue weighted by molar-refractivity contribution is -0.131. The van der Waals surface area contributed by atoms with Gasteiger partial charge in [-0.2, -0.15) is 0 Å². The van der Waals surface area contributed by atoms with Gasteiger partial charge < -0.3 is 30.3 Å². The molecule has 0 spiro atoms. The van der Waals surface area contributed by atoms with E-state index in [1.54, 1.807) is 13.8 Å². The highest BCUT2D eigenvalue weighted by molar-refractivity contribution is 7.59. The van der Waals surface area contributed by atoms with E-state index in [4.69, 9.17) is 9.26 Å². The third-order valence-corrected chi connectivity index (χ3v) is 11.4. The molecule has 0 radical (unpaired) electrons. The van der Waals surface area contributed by atoms with E-state index in [2.05, 4.69) is 16.0 Å². The van der Waals surface area contributed by atoms with Crippen molar-refractivity contribution < 1.29 is 33.3 Å². The number of nitrogens with one attached hydrogen (secondary N) is 3. The second kappa shape index (κ2) is 19.6. The number of hydrogen-bond donors (Lipinski definition) is 4. The van der Waals surface area contributed by atoms with Gasteiger partial charge in [-0.15, -0.1) is 0 Å². The molecule has 260 valence electrons. The number of alkyl carbamates (subject to hydrolysis) is 1. The van der Waals surface area contributed by atoms with Crippen LogP contribution in [0.5, 0.6) is 0 Å². The van der Waals surface area contributed by atoms with Crippen LogP contribution in [0.4, 0.5) is 4.79 Å². The predicted molar refractivity (Wildman–Crippen MR) is 184 cm³/mol. The Kier molecular flexibility index (Phi) is 15.9. The molecular formula is C36H54N3O7P. The van der Waals surface area contributed by atoms with Crippen LogP contribution in [0, 0.1) is 17.8 Å². The van der Waals surface area contributed by atoms with Crippen LogP contribution in [0.1, 0.15) is 77.3 Å². The molecule has 1 saturated carbocycles. The number of aliphatic hydroxyl groups excluding tert-OH is 1. The molecule has 2 aromatic rings. The number of rotatable bonds is 18. The lowest BCUT2D eigenvalue weighted by Crippen LogP contribution is -2.57. The molecule has 47 heavy (non-hydrogen) atoms. The van der Waals surface area contributed by atoms with Gasteiger partial charge in [-0.25, -0.2) is 4.79 Å². The fourth-order valence-corrected chi connectivity index (χ4v) is 8.46. The molecule has 3 amide bonds. The van der Waals surface area contributed by atoms with Crippen LogP contribution in [0.25, 0.3) is 0 Å². The molecule has 11 heteroatoms. The Morgan fingerprint density at radius 2 is 1.45 bits per heavy atom. The fourth-order valence-electron chi connectivity index (χ4n) is 5.80. The van der Waals surface area contributed by atoms with Gasteiger partial charge in [0.2, 0.25) is 19.2 Å². The molecular weight excluding hydrogens is 617 g/mol. The first-order valence-corrected chi connectivity index (χ1v) is 19.0. The van der Waals surface area contributed by atoms with Crippen molar-refractivity contribution in [3.05, 3.63) is 71.8 Å². The van der Waals surface area contributed by atoms with Crippen LogP contribution in [0.3, 0.4) is 0 Å². The molecule has 10 nitrogen and oxygen atoms in total. The number of amides is 3. The van der Waals surface area contributed by atoms with Gasteiger partial charge in [0.15, 0.2) is 0 Å². The second-order valence-corrected chi connectivity index (χ2v) is 15.8. The van der Waals surface area contributed by atoms with Gasteiger partial charge in [0.1, 0.15) is 18.7 Å². The van der Waals surface area contributed by atoms with Crippen molar-refractivity contribution >= 4 is 25.3 Å². The van der Waals surface area contributed by atoms with Crippen LogP contribution in [-0.2, 0) is 36.6 Å². The minimum Gasteiger partial charge on any atom is -0.445 e. The molecule has 4 N–H and O–H groups in total. The van der Waals surface area contributed by atoms with E-state index >= 15 is 0 Å². The maximum absolute atomic E-state index is 14.1. The molecule has 5 atom stereocenters. The molecule has 3 unspecified atom stereocenters. The van der Waals surface area contributed by atoms with Gasteiger partial charge in [0.25, 0.3) is 0 Å². The highest BCUT2D eigenvalue weighted by atomic mass is 31.2. The molecule has 2 aromatic carbocycles. The van der Waals surface area contributed by atoms with Crippen molar-refractivity contribution in [1.82, 2.24) is 16.0 Å². The molecule has 1 fully saturated rings. The first-order chi connectivity index (χ1) is 22.5. The van der Waals surface area contributed by atoms with E-state index in [1.807, 2.05) is 74.5 Å². The summed E-state index contributed by atoms with van der Waals surface area (Å²) < 4.78 is 25.5. The number of carbonyl (C=O) groups excluding carboxylic acids is 3. The molecule has 0 bridgehead atoms. The van der Waals surface area contributed by atoms with E-state index < -0.39 is 43.5 Å². The maximum Gasteiger partial charge on any atom is 0.408 e. The summed E-state index contributed by atoms with van der Waals surface area (Å²) in [7, 11) is -3.22. The van der Waals surface area contributed by atoms with E-state index in [0.29, 0.717) is 12.6 Å². The van der Waals surface area contributed by atoms with E-state index in [-0.39, 0.29) is 43.7 Å². The Balaban J connectivity index is 1.58. The van der Waals surface area contributed by atoms with Crippen molar-refractivity contribution in [3.8, 4) is 0 Å². The van der Waals surface area contributed by atoms with Gasteiger partial charge >= 0.3 is 6.09 Å². The van der Waals surface area contributed by atoms with Crippen molar-refractivity contribution in [2.24, 2.45) is 17.8 Å². The summed E-state index contributed by atoms with van der Waals surface area (Å²) in [5.41, 5.74) is 1.73. The minimum absolute atomic E-state index is 0.0613. The van der Waals surface area contributed by atoms with E-state index in [9.17, 15) is 24.1 Å². The van der Waals surface area contributed by atoms with Crippen LogP contribution >= 0.6 is 7.37 Å². The quantitative estimate of drug-likeness (QED) is 0.142. The molecule has 0 heterocycles. The Labute approximate surface area is 280 Å². The third kappa shape index (κ3) is 13.4. The van der Waals surface area contributed by atoms with E-state index in [0.717, 1.165) is 36.8 Å². The zero-order valence-electron chi connectivity index (χ0n) is 28.4. The summed E-state index contributed by atoms with van der Waals surface area (Å²) in [4.78, 5) is 39.3. The van der Waals surface area contributed by atoms with Crippen LogP contribution in [0.2, 0.25) is 0 Å². The second-order valence-electron chi connectivity index (χ2n) is 13.1. The number of hydrogen-bond acceptors (Lipinski definition) is 7. The highest BCUT2D eigenvalue weighted by Gasteiger charge is 2.34. The van der Waals surface area contributed by atoms with Crippen molar-refractivity contribution in [1.29, 1.82) is 0 Å². The number of benzene rings is 2. The maximum atomic E-state index is 14.1. The number of ether oxygens (including phenoxy) is 1. The fraction of sp³-hybridized carbons (Fsp3) is 0.583. The molecule has 1 aliphatic rings. The first kappa shape index (κ1) is 38.2. The molecule has 0 saturated heterocycles. The molecule has 0 aromatic heterocycles. The monoisotopic (exact) mass is 671 g/mol. The standard InChI is InChI=1S/C36H54N3O7P/c1-5-27(4)33(39-36(43)45-22-28-15-9-6-10-16-28)35(42)38-32(26(2)3)34(41)37-21-31(40)25-47(44,24-30-19-13-8-14-20-30)46-23-29-17-11-7-12-18-29/h6-7,9-12,15-18,26-27,30-33,40H,5,8,13-14,19-25H2,1-4H3,(H,37,41)(H,38,42)(H,39,43)/t27?,31-,32+,33?,47?/m1/s1. The van der Waals surface area contributed by atoms with Crippen molar-refractivity contribution in [3.63, 3.8) is 0 Å². The zero-order valence-corrected chi connectivity index (χ0v) is 29.3. The lowest BCUT2D eigenvalue weighted by Gasteiger charge is -2.29. The number of aliphatic hydroxyl groups is 1. The average molecular weight is 672 g/mol. The minimum atomic E-state index is -3.22. The van der Waals surface area contributed by atoms with Crippen molar-refractivity contribution in [2.75, 3.05) is 18.9 Å². The smallest absolute Gasteiger partial charge is 0.408 e. The van der Waals surface area contributed by atoms with Gasteiger partial charge in [-0.05, 0) is 41.7 Å². The van der Waals surface area contributed by atoms with Gasteiger partial charge in [-0.3, -0.25) is 14.2 Å². The topological polar surface area (TPSA) is 143 Å². The molecule has 3 rings (SSSR count). The largest absolute Gasteiger partial charge is 0.445 e. The number of carbonyl (C=O) groups is 3. The lowest BCUT2D eigenvalue weighted by atomic mass is 9.91. The summed E-state index contributed by atoms with van der Waals surface area (Å²) in [6.07, 6.45) is 4.51. The Morgan fingerprint density at radius 1 is 0.851 bits per heavy atom. The SMILES string of the molecule is CCC(C)C(NC(=O)OCc1ccccc1)C(=O)N[C@H](C(=O)NC[C@@H](O)CP(=O)(CC1CCCCC1)OCc1ccccc1)C(C)C. The summed E-state index contributed by atoms with van der Waals surface area (Å²) in [6, 6.07) is 16.9. The van der Waals surface area contributed by atoms with Gasteiger partial charge in [-0.1, -0.05) is 114 Å². The highest BCUT2D eigenvalue weighted by Crippen LogP contribution is 2.51. The summed E-state index contributed by atoms with van der Waals surface area (Å²) >= 11 is 0. The molecule has 0 aliphatic heterocycles. The predicted octanol–water partition coefficient (Wildman–Crippen LogP) is 6.02. The normalized spacial score (nSPS) is 17.5. The van der Waals surface area contributed by atoms with Crippen molar-refractivity contribution in [2.45, 2.75) is 97.6 Å². The van der Waals surface area contributed by atoms with E-state index in [1.165, 1.54) is 6.42 Å². The zero-order chi connectivity index (χ0) is 34.2. The Hall–Kier alpha value is -3.20. The molecule has 1 aliphatic carbocycles. The summed E-state index contributed by atoms with van der Waals surface area (Å²) in [6.45, 7) is 7.47. The first-order valence-electron chi connectivity index (χ1n) is 17.0. The van der Waals surface area contributed by atoms with Crippen LogP contribution < -0.4 is 16.0 Å².